The maximum absolute atomic E-state index is 11.7. The van der Waals surface area contributed by atoms with E-state index >= 15 is 0 Å². The Morgan fingerprint density at radius 3 is 2.48 bits per heavy atom. The number of carbonyl (C=O) groups is 2. The van der Waals surface area contributed by atoms with Gasteiger partial charge in [0.1, 0.15) is 0 Å². The zero-order valence-electron chi connectivity index (χ0n) is 11.1. The maximum atomic E-state index is 11.7. The average molecular weight is 329 g/mol. The highest BCUT2D eigenvalue weighted by Gasteiger charge is 2.28. The molecule has 0 spiro atoms. The van der Waals surface area contributed by atoms with Crippen molar-refractivity contribution in [3.63, 3.8) is 0 Å². The number of aromatic carboxylic acids is 1. The molecule has 21 heavy (non-hydrogen) atoms. The number of sulfone groups is 1. The fourth-order valence-electron chi connectivity index (χ4n) is 2.02. The van der Waals surface area contributed by atoms with Gasteiger partial charge >= 0.3 is 5.97 Å². The molecule has 0 radical (unpaired) electrons. The first-order valence-corrected chi connectivity index (χ1v) is 9.12. The van der Waals surface area contributed by atoms with Gasteiger partial charge in [-0.3, -0.25) is 4.79 Å². The van der Waals surface area contributed by atoms with E-state index in [1.54, 1.807) is 12.1 Å². The van der Waals surface area contributed by atoms with Crippen LogP contribution in [0.15, 0.2) is 29.2 Å². The standard InChI is InChI=1S/C13H15NO5S2/c15-12(14-10-5-6-21(18,19)8-10)7-20-11-3-1-9(2-4-11)13(16)17/h1-4,10H,5-8H2,(H,14,15)(H,16,17). The number of amides is 1. The molecule has 1 unspecified atom stereocenters. The maximum Gasteiger partial charge on any atom is 0.335 e. The second-order valence-corrected chi connectivity index (χ2v) is 8.06. The molecule has 0 aromatic heterocycles. The van der Waals surface area contributed by atoms with Crippen LogP contribution in [-0.2, 0) is 14.6 Å². The molecule has 6 nitrogen and oxygen atoms in total. The van der Waals surface area contributed by atoms with E-state index in [9.17, 15) is 18.0 Å². The van der Waals surface area contributed by atoms with Crippen LogP contribution in [0.2, 0.25) is 0 Å². The minimum Gasteiger partial charge on any atom is -0.478 e. The van der Waals surface area contributed by atoms with Crippen LogP contribution in [0.3, 0.4) is 0 Å². The average Bonchev–Trinajstić information content (AvgIpc) is 2.76. The predicted molar refractivity (Wildman–Crippen MR) is 79.3 cm³/mol. The first kappa shape index (κ1) is 15.8. The van der Waals surface area contributed by atoms with Crippen LogP contribution in [0.4, 0.5) is 0 Å². The number of carboxylic acids is 1. The number of carbonyl (C=O) groups excluding carboxylic acids is 1. The van der Waals surface area contributed by atoms with Crippen molar-refractivity contribution in [1.29, 1.82) is 0 Å². The molecule has 1 fully saturated rings. The van der Waals surface area contributed by atoms with E-state index in [-0.39, 0.29) is 34.8 Å². The minimum atomic E-state index is -3.00. The van der Waals surface area contributed by atoms with E-state index in [1.807, 2.05) is 0 Å². The fraction of sp³-hybridized carbons (Fsp3) is 0.385. The Labute approximate surface area is 126 Å². The Morgan fingerprint density at radius 1 is 1.29 bits per heavy atom. The van der Waals surface area contributed by atoms with Crippen molar-refractivity contribution < 1.29 is 23.1 Å². The molecule has 0 saturated carbocycles. The summed E-state index contributed by atoms with van der Waals surface area (Å²) in [5.74, 6) is -0.905. The quantitative estimate of drug-likeness (QED) is 0.774. The van der Waals surface area contributed by atoms with Crippen LogP contribution in [0.25, 0.3) is 0 Å². The van der Waals surface area contributed by atoms with Gasteiger partial charge in [0.05, 0.1) is 22.8 Å². The summed E-state index contributed by atoms with van der Waals surface area (Å²) in [5, 5.41) is 11.5. The van der Waals surface area contributed by atoms with Crippen molar-refractivity contribution in [3.05, 3.63) is 29.8 Å². The number of nitrogens with one attached hydrogen (secondary N) is 1. The van der Waals surface area contributed by atoms with E-state index in [0.717, 1.165) is 4.90 Å². The number of rotatable bonds is 5. The minimum absolute atomic E-state index is 0.0106. The van der Waals surface area contributed by atoms with E-state index in [4.69, 9.17) is 5.11 Å². The van der Waals surface area contributed by atoms with Crippen LogP contribution in [0, 0.1) is 0 Å². The third kappa shape index (κ3) is 4.75. The van der Waals surface area contributed by atoms with Gasteiger partial charge in [-0.15, -0.1) is 11.8 Å². The van der Waals surface area contributed by atoms with Crippen molar-refractivity contribution in [3.8, 4) is 0 Å². The topological polar surface area (TPSA) is 101 Å². The van der Waals surface area contributed by atoms with Gasteiger partial charge in [0.2, 0.25) is 5.91 Å². The lowest BCUT2D eigenvalue weighted by Crippen LogP contribution is -2.36. The van der Waals surface area contributed by atoms with E-state index < -0.39 is 15.8 Å². The van der Waals surface area contributed by atoms with E-state index in [1.165, 1.54) is 23.9 Å². The van der Waals surface area contributed by atoms with Gasteiger partial charge in [-0.1, -0.05) is 0 Å². The molecule has 1 saturated heterocycles. The van der Waals surface area contributed by atoms with Gasteiger partial charge in [-0.25, -0.2) is 13.2 Å². The second kappa shape index (κ2) is 6.48. The molecule has 1 aromatic rings. The molecule has 1 atom stereocenters. The molecule has 114 valence electrons. The van der Waals surface area contributed by atoms with Crippen molar-refractivity contribution in [2.45, 2.75) is 17.4 Å². The molecule has 8 heteroatoms. The number of hydrogen-bond donors (Lipinski definition) is 2. The third-order valence-electron chi connectivity index (χ3n) is 3.07. The number of hydrogen-bond acceptors (Lipinski definition) is 5. The van der Waals surface area contributed by atoms with Gasteiger partial charge in [-0.2, -0.15) is 0 Å². The first-order chi connectivity index (χ1) is 9.85. The highest BCUT2D eigenvalue weighted by Crippen LogP contribution is 2.18. The largest absolute Gasteiger partial charge is 0.478 e. The molecule has 1 amide bonds. The molecular weight excluding hydrogens is 314 g/mol. The lowest BCUT2D eigenvalue weighted by Gasteiger charge is -2.10. The van der Waals surface area contributed by atoms with Gasteiger partial charge in [-0.05, 0) is 30.7 Å². The van der Waals surface area contributed by atoms with Crippen LogP contribution in [0.1, 0.15) is 16.8 Å². The number of carboxylic acid groups (broad SMARTS) is 1. The van der Waals surface area contributed by atoms with Crippen LogP contribution >= 0.6 is 11.8 Å². The normalized spacial score (nSPS) is 20.1. The summed E-state index contributed by atoms with van der Waals surface area (Å²) >= 11 is 1.28. The second-order valence-electron chi connectivity index (χ2n) is 4.79. The van der Waals surface area contributed by atoms with Gasteiger partial charge in [0.25, 0.3) is 0 Å². The molecule has 1 aliphatic rings. The Hall–Kier alpha value is -1.54. The summed E-state index contributed by atoms with van der Waals surface area (Å²) < 4.78 is 22.6. The van der Waals surface area contributed by atoms with Crippen LogP contribution in [-0.4, -0.2) is 48.7 Å². The molecule has 1 aliphatic heterocycles. The smallest absolute Gasteiger partial charge is 0.335 e. The summed E-state index contributed by atoms with van der Waals surface area (Å²) in [6, 6.07) is 5.94. The number of thioether (sulfide) groups is 1. The van der Waals surface area contributed by atoms with E-state index in [0.29, 0.717) is 6.42 Å². The van der Waals surface area contributed by atoms with Crippen molar-refractivity contribution in [2.24, 2.45) is 0 Å². The predicted octanol–water partition coefficient (Wildman–Crippen LogP) is 0.780. The number of benzene rings is 1. The summed E-state index contributed by atoms with van der Waals surface area (Å²) in [6.07, 6.45) is 0.464. The molecular formula is C13H15NO5S2. The summed E-state index contributed by atoms with van der Waals surface area (Å²) in [5.41, 5.74) is 0.194. The summed E-state index contributed by atoms with van der Waals surface area (Å²) in [6.45, 7) is 0. The Balaban J connectivity index is 1.80. The Kier molecular flexibility index (Phi) is 4.89. The SMILES string of the molecule is O=C(CSc1ccc(C(=O)O)cc1)NC1CCS(=O)(=O)C1. The van der Waals surface area contributed by atoms with Gasteiger partial charge < -0.3 is 10.4 Å². The van der Waals surface area contributed by atoms with Crippen molar-refractivity contribution in [2.75, 3.05) is 17.3 Å². The molecule has 0 bridgehead atoms. The monoisotopic (exact) mass is 329 g/mol. The Bertz CT molecular complexity index is 639. The molecule has 0 aliphatic carbocycles. The molecule has 2 rings (SSSR count). The van der Waals surface area contributed by atoms with Crippen LogP contribution < -0.4 is 5.32 Å². The highest BCUT2D eigenvalue weighted by atomic mass is 32.2. The first-order valence-electron chi connectivity index (χ1n) is 6.32. The Morgan fingerprint density at radius 2 is 1.95 bits per heavy atom. The highest BCUT2D eigenvalue weighted by molar-refractivity contribution is 8.00. The molecule has 1 heterocycles. The summed E-state index contributed by atoms with van der Waals surface area (Å²) in [4.78, 5) is 23.2. The van der Waals surface area contributed by atoms with Crippen molar-refractivity contribution >= 4 is 33.5 Å². The van der Waals surface area contributed by atoms with Gasteiger partial charge in [0.15, 0.2) is 9.84 Å². The fourth-order valence-corrected chi connectivity index (χ4v) is 4.40. The molecule has 1 aromatic carbocycles. The van der Waals surface area contributed by atoms with Gasteiger partial charge in [0, 0.05) is 10.9 Å². The zero-order chi connectivity index (χ0) is 15.5. The van der Waals surface area contributed by atoms with Crippen molar-refractivity contribution in [1.82, 2.24) is 5.32 Å². The van der Waals surface area contributed by atoms with Crippen LogP contribution in [0.5, 0.6) is 0 Å². The third-order valence-corrected chi connectivity index (χ3v) is 5.85. The zero-order valence-corrected chi connectivity index (χ0v) is 12.7. The lowest BCUT2D eigenvalue weighted by molar-refractivity contribution is -0.119. The molecule has 2 N–H and O–H groups in total. The lowest BCUT2D eigenvalue weighted by atomic mass is 10.2. The van der Waals surface area contributed by atoms with E-state index in [2.05, 4.69) is 5.32 Å². The summed E-state index contributed by atoms with van der Waals surface area (Å²) in [7, 11) is -3.00.